The Balaban J connectivity index is 1.42. The highest BCUT2D eigenvalue weighted by molar-refractivity contribution is 5.97. The number of amides is 2. The van der Waals surface area contributed by atoms with Gasteiger partial charge in [0.25, 0.3) is 0 Å². The lowest BCUT2D eigenvalue weighted by Crippen LogP contribution is -2.72. The summed E-state index contributed by atoms with van der Waals surface area (Å²) in [5, 5.41) is 19.8. The topological polar surface area (TPSA) is 113 Å². The molecule has 3 aliphatic heterocycles. The molecule has 0 saturated carbocycles. The Bertz CT molecular complexity index is 1470. The van der Waals surface area contributed by atoms with Crippen molar-refractivity contribution >= 4 is 17.7 Å². The second-order valence-electron chi connectivity index (χ2n) is 14.6. The van der Waals surface area contributed by atoms with E-state index in [1.165, 1.54) is 12.1 Å². The van der Waals surface area contributed by atoms with Gasteiger partial charge in [0.2, 0.25) is 5.91 Å². The monoisotopic (exact) mass is 620 g/mol. The summed E-state index contributed by atoms with van der Waals surface area (Å²) < 4.78 is 19.0. The molecule has 3 atom stereocenters. The normalized spacial score (nSPS) is 25.6. The number of ether oxygens (including phenoxy) is 1. The number of fused-ring (bicyclic) bond motifs is 1. The van der Waals surface area contributed by atoms with Crippen molar-refractivity contribution < 1.29 is 23.8 Å². The van der Waals surface area contributed by atoms with Gasteiger partial charge >= 0.3 is 6.09 Å². The number of carboxylic acid groups (broad SMARTS) is 1. The van der Waals surface area contributed by atoms with Crippen molar-refractivity contribution in [1.82, 2.24) is 19.7 Å². The number of carbonyl (C=O) groups excluding carboxylic acids is 1. The van der Waals surface area contributed by atoms with Crippen molar-refractivity contribution in [1.29, 1.82) is 5.26 Å². The van der Waals surface area contributed by atoms with Crippen molar-refractivity contribution in [2.45, 2.75) is 71.1 Å². The number of nitriles is 1. The van der Waals surface area contributed by atoms with Crippen LogP contribution in [0.1, 0.15) is 58.4 Å². The molecule has 1 aromatic carbocycles. The van der Waals surface area contributed by atoms with Crippen molar-refractivity contribution in [2.75, 3.05) is 57.3 Å². The molecule has 0 aliphatic carbocycles. The van der Waals surface area contributed by atoms with Crippen molar-refractivity contribution in [3.05, 3.63) is 59.2 Å². The van der Waals surface area contributed by atoms with Gasteiger partial charge in [0, 0.05) is 56.9 Å². The quantitative estimate of drug-likeness (QED) is 0.513. The zero-order valence-electron chi connectivity index (χ0n) is 27.2. The molecule has 4 heterocycles. The number of hydrogen-bond acceptors (Lipinski definition) is 7. The minimum atomic E-state index is -0.977. The van der Waals surface area contributed by atoms with Gasteiger partial charge in [-0.3, -0.25) is 24.5 Å². The van der Waals surface area contributed by atoms with E-state index in [4.69, 9.17) is 9.72 Å². The van der Waals surface area contributed by atoms with Gasteiger partial charge in [0.05, 0.1) is 36.1 Å². The van der Waals surface area contributed by atoms with Crippen LogP contribution in [0.5, 0.6) is 0 Å². The third kappa shape index (κ3) is 6.69. The molecular formula is C34H45FN6O4. The molecule has 2 saturated heterocycles. The van der Waals surface area contributed by atoms with Crippen LogP contribution in [0.15, 0.2) is 36.5 Å². The van der Waals surface area contributed by atoms with Gasteiger partial charge in [-0.2, -0.15) is 5.26 Å². The first-order chi connectivity index (χ1) is 21.1. The number of pyridine rings is 1. The average molecular weight is 621 g/mol. The van der Waals surface area contributed by atoms with Crippen molar-refractivity contribution in [3.8, 4) is 6.07 Å². The molecule has 242 valence electrons. The van der Waals surface area contributed by atoms with Crippen LogP contribution >= 0.6 is 0 Å². The molecule has 3 aliphatic rings. The number of nitrogens with zero attached hydrogens (tertiary/aromatic N) is 6. The molecule has 11 heteroatoms. The molecular weight excluding hydrogens is 575 g/mol. The summed E-state index contributed by atoms with van der Waals surface area (Å²) in [4.78, 5) is 39.3. The van der Waals surface area contributed by atoms with Crippen LogP contribution in [-0.2, 0) is 21.4 Å². The number of morpholine rings is 1. The maximum absolute atomic E-state index is 14.3. The molecule has 2 fully saturated rings. The maximum atomic E-state index is 14.3. The molecule has 0 radical (unpaired) electrons. The van der Waals surface area contributed by atoms with Gasteiger partial charge in [0.15, 0.2) is 6.10 Å². The van der Waals surface area contributed by atoms with Gasteiger partial charge in [0.1, 0.15) is 5.82 Å². The second-order valence-corrected chi connectivity index (χ2v) is 14.6. The summed E-state index contributed by atoms with van der Waals surface area (Å²) in [6.45, 7) is 15.5. The first kappa shape index (κ1) is 32.8. The molecule has 2 aromatic rings. The van der Waals surface area contributed by atoms with E-state index in [1.54, 1.807) is 17.0 Å². The minimum absolute atomic E-state index is 0.0653. The minimum Gasteiger partial charge on any atom is -0.465 e. The molecule has 45 heavy (non-hydrogen) atoms. The highest BCUT2D eigenvalue weighted by Crippen LogP contribution is 2.42. The summed E-state index contributed by atoms with van der Waals surface area (Å²) in [6.07, 6.45) is 0.892. The van der Waals surface area contributed by atoms with Gasteiger partial charge in [-0.05, 0) is 48.1 Å². The van der Waals surface area contributed by atoms with Crippen LogP contribution in [0.3, 0.4) is 0 Å². The number of halogens is 1. The Kier molecular flexibility index (Phi) is 8.97. The van der Waals surface area contributed by atoms with Crippen LogP contribution < -0.4 is 4.90 Å². The first-order valence-electron chi connectivity index (χ1n) is 15.6. The van der Waals surface area contributed by atoms with Gasteiger partial charge in [-0.15, -0.1) is 0 Å². The molecule has 10 nitrogen and oxygen atoms in total. The fourth-order valence-corrected chi connectivity index (χ4v) is 6.87. The molecule has 5 rings (SSSR count). The zero-order chi connectivity index (χ0) is 32.7. The summed E-state index contributed by atoms with van der Waals surface area (Å²) in [5.41, 5.74) is 2.04. The lowest BCUT2D eigenvalue weighted by molar-refractivity contribution is -0.125. The van der Waals surface area contributed by atoms with Crippen LogP contribution in [0.4, 0.5) is 14.9 Å². The highest BCUT2D eigenvalue weighted by Gasteiger charge is 2.52. The second kappa shape index (κ2) is 12.3. The van der Waals surface area contributed by atoms with E-state index in [1.807, 2.05) is 44.9 Å². The molecule has 2 amide bonds. The Morgan fingerprint density at radius 2 is 1.84 bits per heavy atom. The number of hydrogen-bond donors (Lipinski definition) is 1. The molecule has 1 aromatic heterocycles. The number of piperazine rings is 1. The first-order valence-corrected chi connectivity index (χ1v) is 15.6. The Labute approximate surface area is 265 Å². The highest BCUT2D eigenvalue weighted by atomic mass is 19.1. The molecule has 0 bridgehead atoms. The van der Waals surface area contributed by atoms with Gasteiger partial charge < -0.3 is 14.7 Å². The van der Waals surface area contributed by atoms with E-state index in [0.717, 1.165) is 22.5 Å². The third-order valence-corrected chi connectivity index (χ3v) is 10.00. The Morgan fingerprint density at radius 3 is 2.49 bits per heavy atom. The number of carbonyl (C=O) groups is 2. The molecule has 0 spiro atoms. The van der Waals surface area contributed by atoms with E-state index in [-0.39, 0.29) is 36.3 Å². The average Bonchev–Trinajstić information content (AvgIpc) is 3.25. The van der Waals surface area contributed by atoms with Crippen LogP contribution in [-0.4, -0.2) is 107 Å². The Hall–Kier alpha value is -3.59. The molecule has 1 N–H and O–H groups in total. The summed E-state index contributed by atoms with van der Waals surface area (Å²) in [5.74, 6) is -0.350. The summed E-state index contributed by atoms with van der Waals surface area (Å²) in [6, 6.07) is 10.3. The van der Waals surface area contributed by atoms with Crippen molar-refractivity contribution in [3.63, 3.8) is 0 Å². The fraction of sp³-hybridized carbons (Fsp3) is 0.588. The largest absolute Gasteiger partial charge is 0.465 e. The summed E-state index contributed by atoms with van der Waals surface area (Å²) >= 11 is 0. The predicted molar refractivity (Wildman–Crippen MR) is 169 cm³/mol. The third-order valence-electron chi connectivity index (χ3n) is 10.00. The van der Waals surface area contributed by atoms with Gasteiger partial charge in [-0.1, -0.05) is 46.8 Å². The smallest absolute Gasteiger partial charge is 0.407 e. The fourth-order valence-electron chi connectivity index (χ4n) is 6.87. The van der Waals surface area contributed by atoms with Crippen LogP contribution in [0.2, 0.25) is 0 Å². The van der Waals surface area contributed by atoms with E-state index < -0.39 is 23.2 Å². The Morgan fingerprint density at radius 1 is 1.13 bits per heavy atom. The standard InChI is InChI=1S/C34H45FN6O4/c1-32(2,3)34(6)22-39(26(18-41(34)31(43)44)17-38-11-12-45-27(15-36)19-38)20-29(42)40-21-33(4,5)30-28(40)14-24(16-37-30)13-23-7-9-25(35)10-8-23/h7-10,14,16,26-27H,11-13,17-22H2,1-6H3,(H,43,44)/t26-,27?,34-/m0/s1. The zero-order valence-corrected chi connectivity index (χ0v) is 27.2. The number of rotatable bonds is 6. The van der Waals surface area contributed by atoms with Crippen LogP contribution in [0.25, 0.3) is 0 Å². The number of aromatic nitrogens is 1. The van der Waals surface area contributed by atoms with E-state index in [0.29, 0.717) is 45.8 Å². The van der Waals surface area contributed by atoms with E-state index >= 15 is 0 Å². The van der Waals surface area contributed by atoms with Gasteiger partial charge in [-0.25, -0.2) is 9.18 Å². The van der Waals surface area contributed by atoms with E-state index in [9.17, 15) is 24.3 Å². The predicted octanol–water partition coefficient (Wildman–Crippen LogP) is 4.13. The SMILES string of the molecule is CC1(C)CN(C(=O)CN2C[C@@](C)(C(C)(C)C)N(C(=O)O)C[C@@H]2CN2CCOC(C#N)C2)c2cc(Cc3ccc(F)cc3)cnc21. The summed E-state index contributed by atoms with van der Waals surface area (Å²) in [7, 11) is 0. The van der Waals surface area contributed by atoms with Crippen molar-refractivity contribution in [2.24, 2.45) is 5.41 Å². The number of benzene rings is 1. The van der Waals surface area contributed by atoms with Crippen LogP contribution in [0, 0.1) is 22.6 Å². The lowest BCUT2D eigenvalue weighted by atomic mass is 9.71. The van der Waals surface area contributed by atoms with E-state index in [2.05, 4.69) is 29.7 Å². The maximum Gasteiger partial charge on any atom is 0.407 e. The molecule has 1 unspecified atom stereocenters. The number of anilines is 1. The lowest BCUT2D eigenvalue weighted by Gasteiger charge is -2.57.